The molecule has 0 aromatic heterocycles. The molecule has 1 amide bonds. The van der Waals surface area contributed by atoms with Gasteiger partial charge in [0.1, 0.15) is 0 Å². The molecule has 3 atom stereocenters. The van der Waals surface area contributed by atoms with Gasteiger partial charge in [-0.1, -0.05) is 23.2 Å². The van der Waals surface area contributed by atoms with Crippen LogP contribution < -0.4 is 5.32 Å². The zero-order valence-corrected chi connectivity index (χ0v) is 16.4. The first-order chi connectivity index (χ1) is 11.6. The van der Waals surface area contributed by atoms with Gasteiger partial charge < -0.3 is 10.2 Å². The van der Waals surface area contributed by atoms with Gasteiger partial charge in [0.25, 0.3) is 0 Å². The SMILES string of the molecule is Cl.O=C(C1CC1c1cc(Cl)cc(Cl)c1)N1CCC(N2CCNCC2)C1. The molecular formula is C18H24Cl3N3O. The van der Waals surface area contributed by atoms with Crippen LogP contribution in [-0.4, -0.2) is 61.0 Å². The third-order valence-electron chi connectivity index (χ3n) is 5.56. The van der Waals surface area contributed by atoms with E-state index in [4.69, 9.17) is 23.2 Å². The molecule has 25 heavy (non-hydrogen) atoms. The first-order valence-electron chi connectivity index (χ1n) is 8.81. The number of carbonyl (C=O) groups is 1. The number of halogens is 3. The first kappa shape index (κ1) is 19.2. The van der Waals surface area contributed by atoms with Crippen LogP contribution in [-0.2, 0) is 4.79 Å². The van der Waals surface area contributed by atoms with Gasteiger partial charge in [-0.05, 0) is 42.5 Å². The number of carbonyl (C=O) groups excluding carboxylic acids is 1. The highest BCUT2D eigenvalue weighted by atomic mass is 35.5. The van der Waals surface area contributed by atoms with Crippen LogP contribution in [0.4, 0.5) is 0 Å². The lowest BCUT2D eigenvalue weighted by Crippen LogP contribution is -2.49. The maximum absolute atomic E-state index is 12.8. The minimum absolute atomic E-state index is 0. The number of hydrogen-bond donors (Lipinski definition) is 1. The number of piperazine rings is 1. The Hall–Kier alpha value is -0.520. The second-order valence-corrected chi connectivity index (χ2v) is 8.04. The molecule has 0 spiro atoms. The summed E-state index contributed by atoms with van der Waals surface area (Å²) in [5.41, 5.74) is 1.10. The second kappa shape index (κ2) is 8.01. The van der Waals surface area contributed by atoms with Crippen molar-refractivity contribution in [1.82, 2.24) is 15.1 Å². The number of rotatable bonds is 3. The van der Waals surface area contributed by atoms with Gasteiger partial charge >= 0.3 is 0 Å². The Labute approximate surface area is 165 Å². The van der Waals surface area contributed by atoms with Crippen molar-refractivity contribution in [3.05, 3.63) is 33.8 Å². The Morgan fingerprint density at radius 1 is 1.08 bits per heavy atom. The summed E-state index contributed by atoms with van der Waals surface area (Å²) in [5, 5.41) is 4.69. The Kier molecular flexibility index (Phi) is 6.17. The van der Waals surface area contributed by atoms with Crippen molar-refractivity contribution < 1.29 is 4.79 Å². The highest BCUT2D eigenvalue weighted by Gasteiger charge is 2.47. The average Bonchev–Trinajstić information content (AvgIpc) is 3.22. The van der Waals surface area contributed by atoms with Crippen LogP contribution in [0.3, 0.4) is 0 Å². The van der Waals surface area contributed by atoms with Gasteiger partial charge in [0, 0.05) is 61.3 Å². The molecule has 4 rings (SSSR count). The van der Waals surface area contributed by atoms with Crippen LogP contribution in [0.25, 0.3) is 0 Å². The van der Waals surface area contributed by atoms with Crippen molar-refractivity contribution in [1.29, 1.82) is 0 Å². The number of nitrogens with one attached hydrogen (secondary N) is 1. The van der Waals surface area contributed by atoms with Crippen molar-refractivity contribution >= 4 is 41.5 Å². The van der Waals surface area contributed by atoms with E-state index >= 15 is 0 Å². The normalized spacial score (nSPS) is 29.4. The molecule has 3 aliphatic rings. The summed E-state index contributed by atoms with van der Waals surface area (Å²) in [6.45, 7) is 6.10. The van der Waals surface area contributed by atoms with Crippen molar-refractivity contribution in [3.63, 3.8) is 0 Å². The van der Waals surface area contributed by atoms with E-state index in [1.165, 1.54) is 0 Å². The van der Waals surface area contributed by atoms with Crippen LogP contribution in [0.2, 0.25) is 10.0 Å². The van der Waals surface area contributed by atoms with E-state index in [0.29, 0.717) is 22.0 Å². The summed E-state index contributed by atoms with van der Waals surface area (Å²) < 4.78 is 0. The van der Waals surface area contributed by atoms with Crippen LogP contribution in [0.1, 0.15) is 24.3 Å². The quantitative estimate of drug-likeness (QED) is 0.841. The van der Waals surface area contributed by atoms with Crippen LogP contribution >= 0.6 is 35.6 Å². The Balaban J connectivity index is 0.00000182. The van der Waals surface area contributed by atoms with E-state index in [0.717, 1.165) is 57.7 Å². The summed E-state index contributed by atoms with van der Waals surface area (Å²) >= 11 is 12.2. The van der Waals surface area contributed by atoms with Crippen molar-refractivity contribution in [2.45, 2.75) is 24.8 Å². The standard InChI is InChI=1S/C18H23Cl2N3O.ClH/c19-13-7-12(8-14(20)9-13)16-10-17(16)18(24)23-4-1-15(11-23)22-5-2-21-3-6-22;/h7-9,15-17,21H,1-6,10-11H2;1H. The van der Waals surface area contributed by atoms with Gasteiger partial charge in [0.2, 0.25) is 5.91 Å². The van der Waals surface area contributed by atoms with Crippen molar-refractivity contribution in [2.75, 3.05) is 39.3 Å². The Morgan fingerprint density at radius 2 is 1.76 bits per heavy atom. The van der Waals surface area contributed by atoms with Gasteiger partial charge in [-0.3, -0.25) is 9.69 Å². The average molecular weight is 405 g/mol. The van der Waals surface area contributed by atoms with E-state index in [1.54, 1.807) is 6.07 Å². The molecule has 0 bridgehead atoms. The molecule has 2 saturated heterocycles. The van der Waals surface area contributed by atoms with Gasteiger partial charge in [0.05, 0.1) is 0 Å². The predicted molar refractivity (Wildman–Crippen MR) is 104 cm³/mol. The minimum atomic E-state index is 0. The van der Waals surface area contributed by atoms with Crippen LogP contribution in [0.5, 0.6) is 0 Å². The fourth-order valence-electron chi connectivity index (χ4n) is 4.15. The summed E-state index contributed by atoms with van der Waals surface area (Å²) in [6.07, 6.45) is 2.02. The highest BCUT2D eigenvalue weighted by molar-refractivity contribution is 6.34. The molecule has 2 heterocycles. The molecule has 1 aromatic rings. The van der Waals surface area contributed by atoms with Gasteiger partial charge in [-0.25, -0.2) is 0 Å². The maximum Gasteiger partial charge on any atom is 0.226 e. The summed E-state index contributed by atoms with van der Waals surface area (Å²) in [7, 11) is 0. The fraction of sp³-hybridized carbons (Fsp3) is 0.611. The molecule has 1 aliphatic carbocycles. The third-order valence-corrected chi connectivity index (χ3v) is 6.00. The number of benzene rings is 1. The van der Waals surface area contributed by atoms with Gasteiger partial charge in [-0.15, -0.1) is 12.4 Å². The largest absolute Gasteiger partial charge is 0.341 e. The highest BCUT2D eigenvalue weighted by Crippen LogP contribution is 2.49. The zero-order chi connectivity index (χ0) is 16.7. The monoisotopic (exact) mass is 403 g/mol. The smallest absolute Gasteiger partial charge is 0.226 e. The second-order valence-electron chi connectivity index (χ2n) is 7.16. The van der Waals surface area contributed by atoms with E-state index in [-0.39, 0.29) is 24.2 Å². The summed E-state index contributed by atoms with van der Waals surface area (Å²) in [5.74, 6) is 0.710. The van der Waals surface area contributed by atoms with E-state index in [9.17, 15) is 4.79 Å². The number of nitrogens with zero attached hydrogens (tertiary/aromatic N) is 2. The number of amides is 1. The van der Waals surface area contributed by atoms with E-state index in [1.807, 2.05) is 12.1 Å². The molecule has 138 valence electrons. The first-order valence-corrected chi connectivity index (χ1v) is 9.57. The fourth-order valence-corrected chi connectivity index (χ4v) is 4.69. The van der Waals surface area contributed by atoms with Crippen molar-refractivity contribution in [3.8, 4) is 0 Å². The number of likely N-dealkylation sites (tertiary alicyclic amines) is 1. The lowest BCUT2D eigenvalue weighted by molar-refractivity contribution is -0.131. The molecule has 1 N–H and O–H groups in total. The van der Waals surface area contributed by atoms with Crippen LogP contribution in [0, 0.1) is 5.92 Å². The molecule has 4 nitrogen and oxygen atoms in total. The maximum atomic E-state index is 12.8. The molecule has 3 unspecified atom stereocenters. The molecule has 1 aromatic carbocycles. The Bertz CT molecular complexity index is 616. The minimum Gasteiger partial charge on any atom is -0.341 e. The Morgan fingerprint density at radius 3 is 2.44 bits per heavy atom. The van der Waals surface area contributed by atoms with E-state index in [2.05, 4.69) is 15.1 Å². The molecule has 0 radical (unpaired) electrons. The van der Waals surface area contributed by atoms with Crippen LogP contribution in [0.15, 0.2) is 18.2 Å². The topological polar surface area (TPSA) is 35.6 Å². The zero-order valence-electron chi connectivity index (χ0n) is 14.1. The molecule has 2 aliphatic heterocycles. The number of hydrogen-bond acceptors (Lipinski definition) is 3. The third kappa shape index (κ3) is 4.25. The lowest BCUT2D eigenvalue weighted by atomic mass is 10.1. The van der Waals surface area contributed by atoms with Gasteiger partial charge in [-0.2, -0.15) is 0 Å². The van der Waals surface area contributed by atoms with Gasteiger partial charge in [0.15, 0.2) is 0 Å². The van der Waals surface area contributed by atoms with E-state index < -0.39 is 0 Å². The summed E-state index contributed by atoms with van der Waals surface area (Å²) in [6, 6.07) is 6.16. The molecule has 3 fully saturated rings. The predicted octanol–water partition coefficient (Wildman–Crippen LogP) is 3.02. The summed E-state index contributed by atoms with van der Waals surface area (Å²) in [4.78, 5) is 17.4. The lowest BCUT2D eigenvalue weighted by Gasteiger charge is -2.32. The molecule has 1 saturated carbocycles. The van der Waals surface area contributed by atoms with Crippen molar-refractivity contribution in [2.24, 2.45) is 5.92 Å². The molecule has 7 heteroatoms. The molecular weight excluding hydrogens is 381 g/mol.